The fourth-order valence-electron chi connectivity index (χ4n) is 2.63. The predicted molar refractivity (Wildman–Crippen MR) is 79.3 cm³/mol. The van der Waals surface area contributed by atoms with Gasteiger partial charge in [0.05, 0.1) is 11.9 Å². The van der Waals surface area contributed by atoms with Gasteiger partial charge in [-0.15, -0.1) is 0 Å². The first-order chi connectivity index (χ1) is 9.15. The lowest BCUT2D eigenvalue weighted by Crippen LogP contribution is -2.40. The molecule has 0 aliphatic heterocycles. The van der Waals surface area contributed by atoms with Gasteiger partial charge in [0.2, 0.25) is 0 Å². The van der Waals surface area contributed by atoms with Gasteiger partial charge in [-0.25, -0.2) is 0 Å². The molecule has 2 unspecified atom stereocenters. The Morgan fingerprint density at radius 2 is 2.42 bits per heavy atom. The average Bonchev–Trinajstić information content (AvgIpc) is 2.80. The van der Waals surface area contributed by atoms with Gasteiger partial charge in [0.25, 0.3) is 5.91 Å². The highest BCUT2D eigenvalue weighted by Gasteiger charge is 2.25. The Kier molecular flexibility index (Phi) is 4.74. The van der Waals surface area contributed by atoms with E-state index in [0.717, 1.165) is 12.8 Å². The molecule has 1 saturated carbocycles. The van der Waals surface area contributed by atoms with E-state index in [0.29, 0.717) is 23.2 Å². The summed E-state index contributed by atoms with van der Waals surface area (Å²) in [5.41, 5.74) is 6.78. The topological polar surface area (TPSA) is 72.9 Å². The van der Waals surface area contributed by atoms with Crippen molar-refractivity contribution in [1.29, 1.82) is 0 Å². The molecule has 19 heavy (non-hydrogen) atoms. The van der Waals surface area contributed by atoms with E-state index in [9.17, 15) is 4.79 Å². The Bertz CT molecular complexity index is 446. The average molecular weight is 282 g/mol. The molecule has 6 heteroatoms. The molecule has 106 valence electrons. The number of nitrogens with two attached hydrogens (primary N) is 1. The second-order valence-electron chi connectivity index (χ2n) is 4.96. The van der Waals surface area contributed by atoms with Crippen molar-refractivity contribution in [3.8, 4) is 0 Å². The minimum atomic E-state index is -0.0939. The highest BCUT2D eigenvalue weighted by Crippen LogP contribution is 2.27. The number of thioether (sulfide) groups is 1. The molecule has 0 radical (unpaired) electrons. The Morgan fingerprint density at radius 3 is 3.11 bits per heavy atom. The van der Waals surface area contributed by atoms with Crippen molar-refractivity contribution < 1.29 is 4.79 Å². The van der Waals surface area contributed by atoms with Gasteiger partial charge < -0.3 is 11.1 Å². The summed E-state index contributed by atoms with van der Waals surface area (Å²) in [6.45, 7) is 2.60. The highest BCUT2D eigenvalue weighted by atomic mass is 32.2. The van der Waals surface area contributed by atoms with E-state index >= 15 is 0 Å². The van der Waals surface area contributed by atoms with Crippen molar-refractivity contribution in [3.63, 3.8) is 0 Å². The zero-order chi connectivity index (χ0) is 13.8. The van der Waals surface area contributed by atoms with Crippen molar-refractivity contribution in [2.24, 2.45) is 0 Å². The van der Waals surface area contributed by atoms with Crippen LogP contribution in [0.4, 0.5) is 5.69 Å². The molecule has 0 aromatic carbocycles. The van der Waals surface area contributed by atoms with Crippen molar-refractivity contribution in [2.75, 3.05) is 12.0 Å². The molecular weight excluding hydrogens is 260 g/mol. The van der Waals surface area contributed by atoms with Crippen LogP contribution in [-0.4, -0.2) is 33.2 Å². The van der Waals surface area contributed by atoms with Crippen molar-refractivity contribution in [2.45, 2.75) is 50.4 Å². The number of rotatable bonds is 4. The number of nitrogens with one attached hydrogen (secondary N) is 1. The number of hydrogen-bond donors (Lipinski definition) is 2. The summed E-state index contributed by atoms with van der Waals surface area (Å²) in [5, 5.41) is 7.87. The Balaban J connectivity index is 2.02. The molecule has 1 amide bonds. The fraction of sp³-hybridized carbons (Fsp3) is 0.692. The molecule has 1 aromatic heterocycles. The molecule has 1 aliphatic rings. The number of aromatic nitrogens is 2. The summed E-state index contributed by atoms with van der Waals surface area (Å²) in [5.74, 6) is -0.0939. The van der Waals surface area contributed by atoms with Crippen LogP contribution in [0.3, 0.4) is 0 Å². The molecule has 5 nitrogen and oxygen atoms in total. The molecule has 0 saturated heterocycles. The maximum absolute atomic E-state index is 12.3. The summed E-state index contributed by atoms with van der Waals surface area (Å²) in [7, 11) is 0. The summed E-state index contributed by atoms with van der Waals surface area (Å²) >= 11 is 1.89. The second kappa shape index (κ2) is 6.32. The highest BCUT2D eigenvalue weighted by molar-refractivity contribution is 7.99. The quantitative estimate of drug-likeness (QED) is 0.884. The Hall–Kier alpha value is -1.17. The van der Waals surface area contributed by atoms with Crippen LogP contribution in [0.25, 0.3) is 0 Å². The Morgan fingerprint density at radius 1 is 1.63 bits per heavy atom. The summed E-state index contributed by atoms with van der Waals surface area (Å²) in [4.78, 5) is 12.3. The van der Waals surface area contributed by atoms with Crippen molar-refractivity contribution in [1.82, 2.24) is 15.1 Å². The van der Waals surface area contributed by atoms with E-state index in [1.807, 2.05) is 18.7 Å². The predicted octanol–water partition coefficient (Wildman–Crippen LogP) is 1.89. The smallest absolute Gasteiger partial charge is 0.271 e. The maximum Gasteiger partial charge on any atom is 0.271 e. The van der Waals surface area contributed by atoms with Crippen LogP contribution in [0.15, 0.2) is 6.20 Å². The minimum absolute atomic E-state index is 0.0939. The molecule has 0 bridgehead atoms. The van der Waals surface area contributed by atoms with Crippen molar-refractivity contribution in [3.05, 3.63) is 11.9 Å². The van der Waals surface area contributed by atoms with Gasteiger partial charge in [-0.1, -0.05) is 6.42 Å². The van der Waals surface area contributed by atoms with E-state index in [1.165, 1.54) is 12.8 Å². The molecule has 2 atom stereocenters. The van der Waals surface area contributed by atoms with Crippen LogP contribution in [0.2, 0.25) is 0 Å². The zero-order valence-electron chi connectivity index (χ0n) is 11.6. The minimum Gasteiger partial charge on any atom is -0.396 e. The molecule has 1 aromatic rings. The van der Waals surface area contributed by atoms with Gasteiger partial charge in [-0.3, -0.25) is 9.48 Å². The third kappa shape index (κ3) is 3.23. The van der Waals surface area contributed by atoms with Gasteiger partial charge in [0.15, 0.2) is 0 Å². The molecule has 2 rings (SSSR count). The van der Waals surface area contributed by atoms with Crippen LogP contribution in [-0.2, 0) is 6.54 Å². The first kappa shape index (κ1) is 14.2. The van der Waals surface area contributed by atoms with Gasteiger partial charge in [0, 0.05) is 17.8 Å². The van der Waals surface area contributed by atoms with E-state index < -0.39 is 0 Å². The first-order valence-corrected chi connectivity index (χ1v) is 8.09. The van der Waals surface area contributed by atoms with E-state index in [1.54, 1.807) is 10.9 Å². The number of nitrogen functional groups attached to an aromatic ring is 1. The van der Waals surface area contributed by atoms with E-state index in [-0.39, 0.29) is 11.9 Å². The number of carbonyl (C=O) groups excluding carboxylic acids is 1. The number of aryl methyl sites for hydroxylation is 1. The summed E-state index contributed by atoms with van der Waals surface area (Å²) < 4.78 is 1.65. The van der Waals surface area contributed by atoms with E-state index in [4.69, 9.17) is 5.73 Å². The number of anilines is 1. The molecular formula is C13H22N4OS. The summed E-state index contributed by atoms with van der Waals surface area (Å²) in [6, 6.07) is 0.262. The Labute approximate surface area is 118 Å². The van der Waals surface area contributed by atoms with Gasteiger partial charge in [-0.05, 0) is 32.4 Å². The third-order valence-corrected chi connectivity index (χ3v) is 4.77. The lowest BCUT2D eigenvalue weighted by molar-refractivity contribution is 0.0918. The third-order valence-electron chi connectivity index (χ3n) is 3.68. The molecule has 3 N–H and O–H groups in total. The van der Waals surface area contributed by atoms with Crippen LogP contribution >= 0.6 is 11.8 Å². The van der Waals surface area contributed by atoms with Gasteiger partial charge >= 0.3 is 0 Å². The zero-order valence-corrected chi connectivity index (χ0v) is 12.4. The fourth-order valence-corrected chi connectivity index (χ4v) is 3.46. The molecule has 1 heterocycles. The standard InChI is InChI=1S/C13H22N4OS/c1-3-17-12(11(14)8-15-17)13(18)16-9-5-4-6-10(7-9)19-2/h8-10H,3-7,14H2,1-2H3,(H,16,18). The molecule has 1 aliphatic carbocycles. The van der Waals surface area contributed by atoms with Crippen LogP contribution < -0.4 is 11.1 Å². The number of amides is 1. The maximum atomic E-state index is 12.3. The number of hydrogen-bond acceptors (Lipinski definition) is 4. The normalized spacial score (nSPS) is 23.3. The molecule has 0 spiro atoms. The molecule has 1 fully saturated rings. The number of carbonyl (C=O) groups is 1. The van der Waals surface area contributed by atoms with Crippen LogP contribution in [0.1, 0.15) is 43.1 Å². The first-order valence-electron chi connectivity index (χ1n) is 6.80. The van der Waals surface area contributed by atoms with Crippen LogP contribution in [0, 0.1) is 0 Å². The largest absolute Gasteiger partial charge is 0.396 e. The second-order valence-corrected chi connectivity index (χ2v) is 6.10. The van der Waals surface area contributed by atoms with E-state index in [2.05, 4.69) is 16.7 Å². The van der Waals surface area contributed by atoms with Gasteiger partial charge in [-0.2, -0.15) is 16.9 Å². The SMILES string of the molecule is CCn1ncc(N)c1C(=O)NC1CCCC(SC)C1. The van der Waals surface area contributed by atoms with Crippen molar-refractivity contribution >= 4 is 23.4 Å². The summed E-state index contributed by atoms with van der Waals surface area (Å²) in [6.07, 6.45) is 8.22. The lowest BCUT2D eigenvalue weighted by Gasteiger charge is -2.28. The van der Waals surface area contributed by atoms with Crippen LogP contribution in [0.5, 0.6) is 0 Å². The lowest BCUT2D eigenvalue weighted by atomic mass is 9.95. The monoisotopic (exact) mass is 282 g/mol. The number of nitrogens with zero attached hydrogens (tertiary/aromatic N) is 2. The van der Waals surface area contributed by atoms with Gasteiger partial charge in [0.1, 0.15) is 5.69 Å².